The predicted octanol–water partition coefficient (Wildman–Crippen LogP) is 3.60. The summed E-state index contributed by atoms with van der Waals surface area (Å²) in [6, 6.07) is 9.67. The highest BCUT2D eigenvalue weighted by Gasteiger charge is 2.22. The molecule has 0 aliphatic carbocycles. The van der Waals surface area contributed by atoms with E-state index in [4.69, 9.17) is 10.00 Å². The number of rotatable bonds is 5. The summed E-state index contributed by atoms with van der Waals surface area (Å²) in [6.45, 7) is 8.28. The lowest BCUT2D eigenvalue weighted by molar-refractivity contribution is 0.0615. The Morgan fingerprint density at radius 1 is 1.27 bits per heavy atom. The molecule has 154 valence electrons. The predicted molar refractivity (Wildman–Crippen MR) is 112 cm³/mol. The lowest BCUT2D eigenvalue weighted by atomic mass is 10.00. The van der Waals surface area contributed by atoms with Crippen molar-refractivity contribution in [1.29, 1.82) is 5.26 Å². The highest BCUT2D eigenvalue weighted by Crippen LogP contribution is 2.29. The average Bonchev–Trinajstić information content (AvgIpc) is 3.12. The van der Waals surface area contributed by atoms with Gasteiger partial charge in [0.2, 0.25) is 9.84 Å². The van der Waals surface area contributed by atoms with Crippen molar-refractivity contribution in [2.24, 2.45) is 5.92 Å². The first-order valence-corrected chi connectivity index (χ1v) is 11.2. The molecule has 1 aliphatic rings. The van der Waals surface area contributed by atoms with Crippen LogP contribution in [-0.2, 0) is 21.1 Å². The monoisotopic (exact) mass is 422 g/mol. The maximum absolute atomic E-state index is 13.0. The fraction of sp³-hybridized carbons (Fsp3) is 0.318. The standard InChI is InChI=1S/C22H22N4O3S/c1-15(2)22-25-20-11-18(30(27,28)19-4-3-17(12-23)24-13-19)5-6-21(20)26(22)14-16-7-9-29-10-8-16/h3-6,11,13,16H,1,7-10,14H2,2H3. The van der Waals surface area contributed by atoms with E-state index in [-0.39, 0.29) is 15.5 Å². The van der Waals surface area contributed by atoms with Crippen LogP contribution in [0.15, 0.2) is 52.9 Å². The van der Waals surface area contributed by atoms with E-state index >= 15 is 0 Å². The molecular weight excluding hydrogens is 400 g/mol. The van der Waals surface area contributed by atoms with Crippen molar-refractivity contribution in [2.75, 3.05) is 13.2 Å². The fourth-order valence-electron chi connectivity index (χ4n) is 3.72. The number of fused-ring (bicyclic) bond motifs is 1. The molecule has 0 saturated carbocycles. The third-order valence-corrected chi connectivity index (χ3v) is 7.09. The molecule has 1 aliphatic heterocycles. The Morgan fingerprint density at radius 3 is 2.63 bits per heavy atom. The summed E-state index contributed by atoms with van der Waals surface area (Å²) in [4.78, 5) is 8.75. The van der Waals surface area contributed by atoms with Crippen molar-refractivity contribution >= 4 is 26.4 Å². The van der Waals surface area contributed by atoms with Crippen LogP contribution in [0.1, 0.15) is 31.3 Å². The summed E-state index contributed by atoms with van der Waals surface area (Å²) >= 11 is 0. The van der Waals surface area contributed by atoms with Crippen LogP contribution in [-0.4, -0.2) is 36.2 Å². The number of nitrogens with zero attached hydrogens (tertiary/aromatic N) is 4. The zero-order chi connectivity index (χ0) is 21.3. The van der Waals surface area contributed by atoms with E-state index in [1.807, 2.05) is 13.0 Å². The lowest BCUT2D eigenvalue weighted by Gasteiger charge is -2.23. The Kier molecular flexibility index (Phi) is 5.41. The molecule has 3 aromatic rings. The van der Waals surface area contributed by atoms with Gasteiger partial charge >= 0.3 is 0 Å². The first-order chi connectivity index (χ1) is 14.4. The van der Waals surface area contributed by atoms with Crippen LogP contribution in [0.3, 0.4) is 0 Å². The van der Waals surface area contributed by atoms with Gasteiger partial charge in [-0.25, -0.2) is 18.4 Å². The molecule has 1 saturated heterocycles. The number of benzene rings is 1. The van der Waals surface area contributed by atoms with Crippen molar-refractivity contribution in [3.8, 4) is 6.07 Å². The highest BCUT2D eigenvalue weighted by atomic mass is 32.2. The molecule has 0 atom stereocenters. The van der Waals surface area contributed by atoms with Crippen molar-refractivity contribution in [3.05, 3.63) is 54.6 Å². The molecule has 30 heavy (non-hydrogen) atoms. The van der Waals surface area contributed by atoms with Crippen LogP contribution in [0.2, 0.25) is 0 Å². The average molecular weight is 423 g/mol. The van der Waals surface area contributed by atoms with Gasteiger partial charge in [0.1, 0.15) is 17.6 Å². The van der Waals surface area contributed by atoms with E-state index in [0.29, 0.717) is 11.4 Å². The Morgan fingerprint density at radius 2 is 2.00 bits per heavy atom. The molecule has 1 fully saturated rings. The normalized spacial score (nSPS) is 15.2. The SMILES string of the molecule is C=C(C)c1nc2cc(S(=O)(=O)c3ccc(C#N)nc3)ccc2n1CC1CCOCC1. The van der Waals surface area contributed by atoms with Gasteiger partial charge in [-0.1, -0.05) is 6.58 Å². The summed E-state index contributed by atoms with van der Waals surface area (Å²) in [5.74, 6) is 1.26. The van der Waals surface area contributed by atoms with Crippen molar-refractivity contribution in [1.82, 2.24) is 14.5 Å². The van der Waals surface area contributed by atoms with Gasteiger partial charge in [0, 0.05) is 26.0 Å². The third kappa shape index (κ3) is 3.74. The molecule has 0 spiro atoms. The topological polar surface area (TPSA) is 97.9 Å². The zero-order valence-corrected chi connectivity index (χ0v) is 17.5. The number of aromatic nitrogens is 3. The lowest BCUT2D eigenvalue weighted by Crippen LogP contribution is -2.21. The summed E-state index contributed by atoms with van der Waals surface area (Å²) in [5.41, 5.74) is 2.50. The highest BCUT2D eigenvalue weighted by molar-refractivity contribution is 7.91. The number of ether oxygens (including phenoxy) is 1. The first-order valence-electron chi connectivity index (χ1n) is 9.75. The molecule has 0 N–H and O–H groups in total. The molecule has 8 heteroatoms. The van der Waals surface area contributed by atoms with Gasteiger partial charge in [0.15, 0.2) is 0 Å². The summed E-state index contributed by atoms with van der Waals surface area (Å²) < 4.78 is 33.7. The molecule has 0 radical (unpaired) electrons. The first kappa shape index (κ1) is 20.3. The second-order valence-corrected chi connectivity index (χ2v) is 9.48. The molecule has 0 amide bonds. The van der Waals surface area contributed by atoms with Crippen LogP contribution in [0.5, 0.6) is 0 Å². The minimum Gasteiger partial charge on any atom is -0.381 e. The third-order valence-electron chi connectivity index (χ3n) is 5.35. The van der Waals surface area contributed by atoms with Gasteiger partial charge in [-0.05, 0) is 61.6 Å². The smallest absolute Gasteiger partial charge is 0.208 e. The van der Waals surface area contributed by atoms with Gasteiger partial charge in [-0.15, -0.1) is 0 Å². The van der Waals surface area contributed by atoms with E-state index in [1.54, 1.807) is 18.2 Å². The molecule has 4 rings (SSSR count). The Labute approximate surface area is 175 Å². The minimum absolute atomic E-state index is 0.0441. The number of hydrogen-bond acceptors (Lipinski definition) is 6. The number of pyridine rings is 1. The Hall–Kier alpha value is -3.02. The Bertz CT molecular complexity index is 1250. The summed E-state index contributed by atoms with van der Waals surface area (Å²) in [5, 5.41) is 8.87. The number of allylic oxidation sites excluding steroid dienone is 1. The summed E-state index contributed by atoms with van der Waals surface area (Å²) in [7, 11) is -3.77. The maximum atomic E-state index is 13.0. The van der Waals surface area contributed by atoms with Gasteiger partial charge in [0.05, 0.1) is 20.8 Å². The number of nitriles is 1. The quantitative estimate of drug-likeness (QED) is 0.623. The second kappa shape index (κ2) is 8.01. The van der Waals surface area contributed by atoms with Crippen molar-refractivity contribution in [2.45, 2.75) is 36.1 Å². The number of sulfone groups is 1. The van der Waals surface area contributed by atoms with Crippen LogP contribution >= 0.6 is 0 Å². The van der Waals surface area contributed by atoms with Crippen molar-refractivity contribution in [3.63, 3.8) is 0 Å². The Balaban J connectivity index is 1.75. The maximum Gasteiger partial charge on any atom is 0.208 e. The van der Waals surface area contributed by atoms with Crippen LogP contribution < -0.4 is 0 Å². The fourth-order valence-corrected chi connectivity index (χ4v) is 4.94. The van der Waals surface area contributed by atoms with Crippen molar-refractivity contribution < 1.29 is 13.2 Å². The van der Waals surface area contributed by atoms with E-state index < -0.39 is 9.84 Å². The molecule has 7 nitrogen and oxygen atoms in total. The van der Waals surface area contributed by atoms with E-state index in [1.165, 1.54) is 18.3 Å². The summed E-state index contributed by atoms with van der Waals surface area (Å²) in [6.07, 6.45) is 3.20. The molecule has 0 bridgehead atoms. The van der Waals surface area contributed by atoms with Gasteiger partial charge < -0.3 is 9.30 Å². The zero-order valence-electron chi connectivity index (χ0n) is 16.7. The number of imidazole rings is 1. The van der Waals surface area contributed by atoms with E-state index in [2.05, 4.69) is 21.1 Å². The van der Waals surface area contributed by atoms with Gasteiger partial charge in [0.25, 0.3) is 0 Å². The molecule has 0 unspecified atom stereocenters. The van der Waals surface area contributed by atoms with Crippen LogP contribution in [0, 0.1) is 17.2 Å². The van der Waals surface area contributed by atoms with Crippen LogP contribution in [0.25, 0.3) is 16.6 Å². The molecular formula is C22H22N4O3S. The molecule has 3 heterocycles. The number of hydrogen-bond donors (Lipinski definition) is 0. The van der Waals surface area contributed by atoms with E-state index in [9.17, 15) is 8.42 Å². The van der Waals surface area contributed by atoms with Gasteiger partial charge in [-0.3, -0.25) is 0 Å². The molecule has 1 aromatic carbocycles. The second-order valence-electron chi connectivity index (χ2n) is 7.53. The largest absolute Gasteiger partial charge is 0.381 e. The van der Waals surface area contributed by atoms with Crippen LogP contribution in [0.4, 0.5) is 0 Å². The minimum atomic E-state index is -3.77. The van der Waals surface area contributed by atoms with Gasteiger partial charge in [-0.2, -0.15) is 5.26 Å². The van der Waals surface area contributed by atoms with E-state index in [0.717, 1.165) is 49.5 Å². The molecule has 2 aromatic heterocycles.